The van der Waals surface area contributed by atoms with E-state index in [2.05, 4.69) is 4.79 Å². The lowest BCUT2D eigenvalue weighted by molar-refractivity contribution is -0.00904. The van der Waals surface area contributed by atoms with Gasteiger partial charge in [-0.3, -0.25) is 0 Å². The van der Waals surface area contributed by atoms with E-state index in [1.807, 2.05) is 0 Å². The Kier molecular flexibility index (Phi) is 5.10. The summed E-state index contributed by atoms with van der Waals surface area (Å²) in [4.78, 5) is 2.07. The summed E-state index contributed by atoms with van der Waals surface area (Å²) < 4.78 is 61.4. The van der Waals surface area contributed by atoms with Gasteiger partial charge in [-0.25, -0.2) is 12.8 Å². The van der Waals surface area contributed by atoms with E-state index in [0.29, 0.717) is 12.8 Å². The van der Waals surface area contributed by atoms with Crippen LogP contribution in [0.3, 0.4) is 0 Å². The number of hydrogen-bond acceptors (Lipinski definition) is 4. The predicted molar refractivity (Wildman–Crippen MR) is 80.2 cm³/mol. The summed E-state index contributed by atoms with van der Waals surface area (Å²) >= 11 is 0. The molecule has 0 aliphatic heterocycles. The van der Waals surface area contributed by atoms with Gasteiger partial charge >= 0.3 is 5.04 Å². The highest BCUT2D eigenvalue weighted by Crippen LogP contribution is 2.29. The molecule has 0 aromatic heterocycles. The zero-order valence-electron chi connectivity index (χ0n) is 11.6. The Morgan fingerprint density at radius 3 is 2.45 bits per heavy atom. The van der Waals surface area contributed by atoms with Crippen molar-refractivity contribution in [2.45, 2.75) is 37.4 Å². The summed E-state index contributed by atoms with van der Waals surface area (Å²) in [6.07, 6.45) is 6.77. The summed E-state index contributed by atoms with van der Waals surface area (Å²) in [5.41, 5.74) is 9.15. The zero-order valence-corrected chi connectivity index (χ0v) is 13.3. The third-order valence-corrected chi connectivity index (χ3v) is 6.90. The van der Waals surface area contributed by atoms with Crippen molar-refractivity contribution < 1.29 is 26.0 Å². The fourth-order valence-electron chi connectivity index (χ4n) is 2.82. The molecule has 1 unspecified atom stereocenters. The average Bonchev–Trinajstić information content (AvgIpc) is 2.48. The molecule has 6 nitrogen and oxygen atoms in total. The van der Waals surface area contributed by atoms with Crippen LogP contribution in [0.15, 0.2) is 24.1 Å². The average molecular weight is 346 g/mol. The van der Waals surface area contributed by atoms with Gasteiger partial charge in [0.05, 0.1) is 5.92 Å². The molecular formula is C13H15FN2O4S2. The maximum atomic E-state index is 13.7. The minimum absolute atomic E-state index is 0.459. The molecular weight excluding hydrogens is 331 g/mol. The highest BCUT2D eigenvalue weighted by atomic mass is 32.2. The van der Waals surface area contributed by atoms with Gasteiger partial charge < -0.3 is 5.53 Å². The molecule has 1 fully saturated rings. The first-order valence-electron chi connectivity index (χ1n) is 6.86. The Bertz CT molecular complexity index is 804. The van der Waals surface area contributed by atoms with Crippen LogP contribution in [0.25, 0.3) is 5.53 Å². The number of rotatable bonds is 2. The van der Waals surface area contributed by atoms with E-state index in [4.69, 9.17) is 5.53 Å². The topological polar surface area (TPSA) is 105 Å². The van der Waals surface area contributed by atoms with E-state index >= 15 is 0 Å². The Labute approximate surface area is 129 Å². The van der Waals surface area contributed by atoms with Crippen molar-refractivity contribution in [3.63, 3.8) is 0 Å². The molecule has 2 aliphatic carbocycles. The van der Waals surface area contributed by atoms with Gasteiger partial charge in [0.25, 0.3) is 9.84 Å². The normalized spacial score (nSPS) is 22.9. The fourth-order valence-corrected chi connectivity index (χ4v) is 5.69. The van der Waals surface area contributed by atoms with Gasteiger partial charge in [-0.05, 0) is 18.9 Å². The molecule has 0 radical (unpaired) electrons. The molecule has 0 saturated heterocycles. The van der Waals surface area contributed by atoms with Crippen LogP contribution in [-0.4, -0.2) is 36.8 Å². The van der Waals surface area contributed by atoms with Gasteiger partial charge in [0.2, 0.25) is 10.3 Å². The number of allylic oxidation sites excluding steroid dienone is 3. The van der Waals surface area contributed by atoms with Gasteiger partial charge in [-0.1, -0.05) is 31.4 Å². The fraction of sp³-hybridized carbons (Fsp3) is 0.538. The van der Waals surface area contributed by atoms with Gasteiger partial charge in [-0.2, -0.15) is 13.2 Å². The van der Waals surface area contributed by atoms with E-state index in [1.54, 1.807) is 0 Å². The number of nitrogens with zero attached hydrogens (tertiary/aromatic N) is 2. The minimum Gasteiger partial charge on any atom is -0.360 e. The standard InChI is InChI=1S/C13H15FN2O4S2/c14-10-7-4-8-11(12(10)21(17)18)22(19,20)13(16-15)9-5-2-1-3-6-9/h4,7-9,11H,1-3,5-6H2. The first kappa shape index (κ1) is 16.8. The van der Waals surface area contributed by atoms with E-state index in [-0.39, 0.29) is 0 Å². The second-order valence-corrected chi connectivity index (χ2v) is 8.16. The van der Waals surface area contributed by atoms with Gasteiger partial charge in [-0.15, -0.1) is 0 Å². The Morgan fingerprint density at radius 1 is 1.27 bits per heavy atom. The molecule has 9 heteroatoms. The van der Waals surface area contributed by atoms with E-state index in [1.165, 1.54) is 0 Å². The largest absolute Gasteiger partial charge is 0.385 e. The summed E-state index contributed by atoms with van der Waals surface area (Å²) in [7, 11) is -7.32. The van der Waals surface area contributed by atoms with Crippen molar-refractivity contribution in [2.75, 3.05) is 0 Å². The first-order chi connectivity index (χ1) is 10.4. The maximum absolute atomic E-state index is 13.7. The Morgan fingerprint density at radius 2 is 1.91 bits per heavy atom. The lowest BCUT2D eigenvalue weighted by Crippen LogP contribution is -2.39. The maximum Gasteiger partial charge on any atom is 0.385 e. The van der Waals surface area contributed by atoms with Gasteiger partial charge in [0, 0.05) is 0 Å². The number of sulfone groups is 1. The van der Waals surface area contributed by atoms with E-state index in [9.17, 15) is 21.2 Å². The summed E-state index contributed by atoms with van der Waals surface area (Å²) in [6, 6.07) is 0. The second-order valence-electron chi connectivity index (χ2n) is 5.24. The van der Waals surface area contributed by atoms with Crippen LogP contribution >= 0.6 is 0 Å². The quantitative estimate of drug-likeness (QED) is 0.248. The number of halogens is 1. The van der Waals surface area contributed by atoms with Crippen molar-refractivity contribution in [3.05, 3.63) is 29.6 Å². The lowest BCUT2D eigenvalue weighted by atomic mass is 9.90. The summed E-state index contributed by atoms with van der Waals surface area (Å²) in [6.45, 7) is 0. The summed E-state index contributed by atoms with van der Waals surface area (Å²) in [5, 5.41) is -2.15. The van der Waals surface area contributed by atoms with Crippen molar-refractivity contribution >= 4 is 30.0 Å². The monoisotopic (exact) mass is 346 g/mol. The van der Waals surface area contributed by atoms with E-state index in [0.717, 1.165) is 37.5 Å². The van der Waals surface area contributed by atoms with Crippen molar-refractivity contribution in [3.8, 4) is 0 Å². The zero-order chi connectivity index (χ0) is 16.3. The molecule has 0 N–H and O–H groups in total. The van der Waals surface area contributed by atoms with Crippen LogP contribution in [0, 0.1) is 5.92 Å². The summed E-state index contributed by atoms with van der Waals surface area (Å²) in [5.74, 6) is -1.59. The highest BCUT2D eigenvalue weighted by Gasteiger charge is 2.45. The first-order valence-corrected chi connectivity index (χ1v) is 9.48. The Hall–Kier alpha value is -1.57. The van der Waals surface area contributed by atoms with Crippen LogP contribution in [0.5, 0.6) is 0 Å². The molecule has 1 saturated carbocycles. The molecule has 0 heterocycles. The molecule has 0 amide bonds. The van der Waals surface area contributed by atoms with Crippen LogP contribution in [-0.2, 0) is 20.1 Å². The molecule has 22 heavy (non-hydrogen) atoms. The van der Waals surface area contributed by atoms with Crippen LogP contribution in [0.4, 0.5) is 4.39 Å². The molecule has 0 spiro atoms. The Balaban J connectivity index is 2.49. The SMILES string of the molecule is [N-]=[N+]=C(C1CCCCC1)S(=O)(=O)C1C=CC=C(F)C1=S(=O)=O. The molecule has 2 aliphatic rings. The minimum atomic E-state index is -4.30. The van der Waals surface area contributed by atoms with Crippen molar-refractivity contribution in [2.24, 2.45) is 5.92 Å². The van der Waals surface area contributed by atoms with Crippen LogP contribution < -0.4 is 0 Å². The number of hydrogen-bond donors (Lipinski definition) is 0. The third kappa shape index (κ3) is 3.11. The van der Waals surface area contributed by atoms with E-state index < -0.39 is 47.0 Å². The molecule has 0 aromatic rings. The molecule has 1 atom stereocenters. The van der Waals surface area contributed by atoms with Gasteiger partial charge in [0.15, 0.2) is 0 Å². The lowest BCUT2D eigenvalue weighted by Gasteiger charge is -2.20. The highest BCUT2D eigenvalue weighted by molar-refractivity contribution is 8.08. The smallest absolute Gasteiger partial charge is 0.360 e. The molecule has 0 bridgehead atoms. The van der Waals surface area contributed by atoms with Crippen molar-refractivity contribution in [1.29, 1.82) is 0 Å². The third-order valence-electron chi connectivity index (χ3n) is 3.88. The molecule has 2 rings (SSSR count). The molecule has 120 valence electrons. The van der Waals surface area contributed by atoms with Crippen LogP contribution in [0.2, 0.25) is 0 Å². The van der Waals surface area contributed by atoms with Crippen molar-refractivity contribution in [1.82, 2.24) is 0 Å². The van der Waals surface area contributed by atoms with Gasteiger partial charge in [0.1, 0.15) is 15.9 Å². The molecule has 0 aromatic carbocycles. The van der Waals surface area contributed by atoms with Crippen LogP contribution in [0.1, 0.15) is 32.1 Å². The predicted octanol–water partition coefficient (Wildman–Crippen LogP) is 1.45. The second kappa shape index (κ2) is 6.68.